The number of carbonyl (C=O) groups excluding carboxylic acids is 2. The van der Waals surface area contributed by atoms with Gasteiger partial charge < -0.3 is 39.4 Å². The summed E-state index contributed by atoms with van der Waals surface area (Å²) in [5.74, 6) is -1.00. The van der Waals surface area contributed by atoms with Crippen molar-refractivity contribution in [3.05, 3.63) is 41.5 Å². The number of methoxy groups -OCH3 is 2. The van der Waals surface area contributed by atoms with Crippen LogP contribution in [0.25, 0.3) is 0 Å². The summed E-state index contributed by atoms with van der Waals surface area (Å²) in [6.07, 6.45) is 2.52. The fraction of sp³-hybridized carbons (Fsp3) is 0.429. The number of carbonyl (C=O) groups is 4. The Labute approximate surface area is 236 Å². The Morgan fingerprint density at radius 2 is 1.63 bits per heavy atom. The zero-order valence-corrected chi connectivity index (χ0v) is 22.9. The van der Waals surface area contributed by atoms with E-state index < -0.39 is 11.9 Å². The first-order chi connectivity index (χ1) is 19.7. The molecule has 3 aliphatic rings. The fourth-order valence-corrected chi connectivity index (χ4v) is 5.11. The number of hydrogen-bond acceptors (Lipinski definition) is 9. The van der Waals surface area contributed by atoms with E-state index >= 15 is 0 Å². The number of benzene rings is 2. The quantitative estimate of drug-likeness (QED) is 0.433. The van der Waals surface area contributed by atoms with Crippen LogP contribution in [0.2, 0.25) is 0 Å². The van der Waals surface area contributed by atoms with Crippen LogP contribution < -0.4 is 24.3 Å². The number of hydrogen-bond donors (Lipinski definition) is 3. The van der Waals surface area contributed by atoms with Gasteiger partial charge in [0, 0.05) is 31.4 Å². The number of nitrogens with zero attached hydrogens (tertiary/aromatic N) is 2. The van der Waals surface area contributed by atoms with E-state index in [-0.39, 0.29) is 31.1 Å². The number of piperidine rings is 1. The van der Waals surface area contributed by atoms with Crippen molar-refractivity contribution < 1.29 is 48.3 Å². The lowest BCUT2D eigenvalue weighted by Gasteiger charge is -2.36. The summed E-state index contributed by atoms with van der Waals surface area (Å²) < 4.78 is 21.6. The van der Waals surface area contributed by atoms with Gasteiger partial charge in [0.05, 0.1) is 26.7 Å². The minimum absolute atomic E-state index is 0.107. The van der Waals surface area contributed by atoms with Crippen molar-refractivity contribution in [2.45, 2.75) is 25.8 Å². The average Bonchev–Trinajstić information content (AvgIpc) is 3.44. The maximum atomic E-state index is 13.4. The smallest absolute Gasteiger partial charge is 0.414 e. The molecule has 13 nitrogen and oxygen atoms in total. The molecule has 0 saturated carbocycles. The Morgan fingerprint density at radius 1 is 0.951 bits per heavy atom. The van der Waals surface area contributed by atoms with Gasteiger partial charge in [-0.25, -0.2) is 9.59 Å². The first-order valence-corrected chi connectivity index (χ1v) is 13.1. The monoisotopic (exact) mass is 571 g/mol. The molecular weight excluding hydrogens is 538 g/mol. The van der Waals surface area contributed by atoms with Crippen LogP contribution in [0.1, 0.15) is 24.0 Å². The molecule has 0 aromatic heterocycles. The first-order valence-electron chi connectivity index (χ1n) is 13.1. The van der Waals surface area contributed by atoms with Gasteiger partial charge in [-0.15, -0.1) is 0 Å². The molecule has 13 heteroatoms. The number of carboxylic acid groups (broad SMARTS) is 2. The predicted molar refractivity (Wildman–Crippen MR) is 144 cm³/mol. The van der Waals surface area contributed by atoms with Crippen LogP contribution in [-0.2, 0) is 32.1 Å². The lowest BCUT2D eigenvalue weighted by atomic mass is 9.93. The van der Waals surface area contributed by atoms with Crippen LogP contribution in [0.5, 0.6) is 23.0 Å². The van der Waals surface area contributed by atoms with Crippen molar-refractivity contribution in [1.29, 1.82) is 0 Å². The Hall–Kier alpha value is -4.52. The number of anilines is 1. The third kappa shape index (κ3) is 7.37. The molecule has 1 atom stereocenters. The molecule has 3 N–H and O–H groups in total. The highest BCUT2D eigenvalue weighted by molar-refractivity contribution is 6.27. The highest BCUT2D eigenvalue weighted by Gasteiger charge is 2.32. The summed E-state index contributed by atoms with van der Waals surface area (Å²) in [4.78, 5) is 48.3. The number of rotatable bonds is 6. The first kappa shape index (κ1) is 29.5. The van der Waals surface area contributed by atoms with Crippen LogP contribution in [0, 0.1) is 5.92 Å². The van der Waals surface area contributed by atoms with Crippen LogP contribution in [-0.4, -0.2) is 91.0 Å². The van der Waals surface area contributed by atoms with Gasteiger partial charge in [-0.1, -0.05) is 0 Å². The Kier molecular flexibility index (Phi) is 9.50. The van der Waals surface area contributed by atoms with Gasteiger partial charge in [0.1, 0.15) is 0 Å². The number of fused-ring (bicyclic) bond motifs is 2. The molecule has 2 aromatic rings. The molecule has 220 valence electrons. The van der Waals surface area contributed by atoms with E-state index in [9.17, 15) is 9.59 Å². The summed E-state index contributed by atoms with van der Waals surface area (Å²) in [6, 6.07) is 9.34. The van der Waals surface area contributed by atoms with Gasteiger partial charge in [0.15, 0.2) is 23.0 Å². The minimum atomic E-state index is -1.82. The number of aliphatic carboxylic acids is 2. The van der Waals surface area contributed by atoms with Gasteiger partial charge in [-0.3, -0.25) is 14.5 Å². The molecule has 2 amide bonds. The maximum Gasteiger partial charge on any atom is 0.414 e. The summed E-state index contributed by atoms with van der Waals surface area (Å²) in [5, 5.41) is 17.7. The van der Waals surface area contributed by atoms with E-state index in [1.807, 2.05) is 17.0 Å². The molecule has 41 heavy (non-hydrogen) atoms. The third-order valence-electron chi connectivity index (χ3n) is 7.09. The molecule has 1 unspecified atom stereocenters. The number of nitrogens with one attached hydrogen (secondary N) is 1. The van der Waals surface area contributed by atoms with Gasteiger partial charge in [-0.2, -0.15) is 0 Å². The van der Waals surface area contributed by atoms with Crippen LogP contribution >= 0.6 is 0 Å². The lowest BCUT2D eigenvalue weighted by Crippen LogP contribution is -2.47. The number of ether oxygens (including phenoxy) is 4. The van der Waals surface area contributed by atoms with Gasteiger partial charge in [0.25, 0.3) is 0 Å². The topological polar surface area (TPSA) is 164 Å². The number of likely N-dealkylation sites (tertiary alicyclic amines) is 1. The van der Waals surface area contributed by atoms with Crippen molar-refractivity contribution in [1.82, 2.24) is 9.80 Å². The summed E-state index contributed by atoms with van der Waals surface area (Å²) in [6.45, 7) is 3.08. The van der Waals surface area contributed by atoms with Crippen molar-refractivity contribution >= 4 is 29.4 Å². The molecule has 0 aliphatic carbocycles. The molecule has 0 bridgehead atoms. The van der Waals surface area contributed by atoms with Crippen molar-refractivity contribution in [2.24, 2.45) is 5.92 Å². The lowest BCUT2D eigenvalue weighted by molar-refractivity contribution is -0.159. The normalized spacial score (nSPS) is 17.4. The summed E-state index contributed by atoms with van der Waals surface area (Å²) >= 11 is 0. The summed E-state index contributed by atoms with van der Waals surface area (Å²) in [5.41, 5.74) is 2.96. The molecule has 2 aromatic carbocycles. The van der Waals surface area contributed by atoms with E-state index in [2.05, 4.69) is 10.2 Å². The van der Waals surface area contributed by atoms with Crippen molar-refractivity contribution in [2.75, 3.05) is 52.5 Å². The van der Waals surface area contributed by atoms with Crippen molar-refractivity contribution in [3.8, 4) is 23.0 Å². The zero-order chi connectivity index (χ0) is 29.5. The SMILES string of the molecule is COc1cc2c(cc1OC)CN(C(=O)C1CCCN(CC(=O)Nc3ccc4c(c3)OCO4)C1)CC2.O=C(O)C(=O)O. The molecular formula is C28H33N3O10. The third-order valence-corrected chi connectivity index (χ3v) is 7.09. The van der Waals surface area contributed by atoms with Crippen molar-refractivity contribution in [3.63, 3.8) is 0 Å². The van der Waals surface area contributed by atoms with Gasteiger partial charge >= 0.3 is 11.9 Å². The molecule has 5 rings (SSSR count). The number of amides is 2. The molecule has 0 spiro atoms. The van der Waals surface area contributed by atoms with Crippen LogP contribution in [0.4, 0.5) is 5.69 Å². The van der Waals surface area contributed by atoms with E-state index in [1.165, 1.54) is 5.56 Å². The van der Waals surface area contributed by atoms with E-state index in [0.717, 1.165) is 31.4 Å². The Balaban J connectivity index is 0.000000585. The van der Waals surface area contributed by atoms with Gasteiger partial charge in [0.2, 0.25) is 18.6 Å². The molecule has 1 saturated heterocycles. The highest BCUT2D eigenvalue weighted by Crippen LogP contribution is 2.35. The highest BCUT2D eigenvalue weighted by atomic mass is 16.7. The van der Waals surface area contributed by atoms with E-state index in [0.29, 0.717) is 48.3 Å². The molecule has 3 aliphatic heterocycles. The predicted octanol–water partition coefficient (Wildman–Crippen LogP) is 1.82. The second-order valence-electron chi connectivity index (χ2n) is 9.79. The number of carboxylic acids is 2. The largest absolute Gasteiger partial charge is 0.493 e. The maximum absolute atomic E-state index is 13.4. The second kappa shape index (κ2) is 13.2. The Morgan fingerprint density at radius 3 is 2.32 bits per heavy atom. The van der Waals surface area contributed by atoms with Gasteiger partial charge in [-0.05, 0) is 61.2 Å². The Bertz CT molecular complexity index is 1300. The molecule has 3 heterocycles. The van der Waals surface area contributed by atoms with Crippen LogP contribution in [0.15, 0.2) is 30.3 Å². The van der Waals surface area contributed by atoms with E-state index in [4.69, 9.17) is 38.7 Å². The van der Waals surface area contributed by atoms with E-state index in [1.54, 1.807) is 32.4 Å². The second-order valence-corrected chi connectivity index (χ2v) is 9.79. The fourth-order valence-electron chi connectivity index (χ4n) is 5.11. The average molecular weight is 572 g/mol. The zero-order valence-electron chi connectivity index (χ0n) is 22.9. The standard InChI is InChI=1S/C26H31N3O6.C2H2O4/c1-32-22-10-17-7-9-29(14-19(17)11-23(22)33-2)26(31)18-4-3-8-28(13-18)15-25(30)27-20-5-6-21-24(12-20)35-16-34-21;3-1(4)2(5)6/h5-6,10-12,18H,3-4,7-9,13-16H2,1-2H3,(H,27,30);(H,3,4)(H,5,6). The molecule has 1 fully saturated rings. The summed E-state index contributed by atoms with van der Waals surface area (Å²) in [7, 11) is 3.25. The molecule has 0 radical (unpaired) electrons. The minimum Gasteiger partial charge on any atom is -0.493 e. The van der Waals surface area contributed by atoms with Crippen LogP contribution in [0.3, 0.4) is 0 Å².